The summed E-state index contributed by atoms with van der Waals surface area (Å²) in [4.78, 5) is 0. The van der Waals surface area contributed by atoms with Crippen LogP contribution in [0.25, 0.3) is 0 Å². The Morgan fingerprint density at radius 2 is 1.49 bits per heavy atom. The first kappa shape index (κ1) is 26.6. The third kappa shape index (κ3) is 5.72. The molecule has 5 heteroatoms. The molecule has 3 aliphatic rings. The van der Waals surface area contributed by atoms with E-state index >= 15 is 8.78 Å². The summed E-state index contributed by atoms with van der Waals surface area (Å²) in [5, 5.41) is 0. The van der Waals surface area contributed by atoms with E-state index in [0.29, 0.717) is 59.5 Å². The summed E-state index contributed by atoms with van der Waals surface area (Å²) in [6.07, 6.45) is 13.2. The summed E-state index contributed by atoms with van der Waals surface area (Å²) in [7, 11) is 0. The number of aryl methyl sites for hydroxylation is 2. The van der Waals surface area contributed by atoms with Crippen LogP contribution in [0.3, 0.4) is 0 Å². The summed E-state index contributed by atoms with van der Waals surface area (Å²) in [5.41, 5.74) is 2.25. The maximum absolute atomic E-state index is 15.1. The van der Waals surface area contributed by atoms with Gasteiger partial charge in [0.25, 0.3) is 0 Å². The van der Waals surface area contributed by atoms with Crippen LogP contribution in [0, 0.1) is 35.2 Å². The fraction of sp³-hybridized carbons (Fsp3) is 0.625. The molecule has 0 amide bonds. The molecule has 2 aliphatic heterocycles. The molecule has 2 unspecified atom stereocenters. The first-order chi connectivity index (χ1) is 18.0. The SMILES string of the molecule is CCCc1ccc2c(c1F)Oc1c(cc(CCC3CCC(C4CCC(CCC)OC4)CC3)c(F)c1F)C2. The lowest BCUT2D eigenvalue weighted by atomic mass is 9.72. The molecule has 2 nitrogen and oxygen atoms in total. The predicted octanol–water partition coefficient (Wildman–Crippen LogP) is 9.09. The van der Waals surface area contributed by atoms with Gasteiger partial charge in [-0.3, -0.25) is 0 Å². The fourth-order valence-corrected chi connectivity index (χ4v) is 6.86. The molecule has 2 atom stereocenters. The van der Waals surface area contributed by atoms with E-state index < -0.39 is 17.5 Å². The van der Waals surface area contributed by atoms with E-state index in [-0.39, 0.29) is 11.5 Å². The van der Waals surface area contributed by atoms with Crippen molar-refractivity contribution in [1.82, 2.24) is 0 Å². The zero-order valence-electron chi connectivity index (χ0n) is 22.4. The minimum Gasteiger partial charge on any atom is -0.450 e. The van der Waals surface area contributed by atoms with Gasteiger partial charge in [0, 0.05) is 17.5 Å². The van der Waals surface area contributed by atoms with Crippen molar-refractivity contribution in [2.24, 2.45) is 17.8 Å². The lowest BCUT2D eigenvalue weighted by Gasteiger charge is -2.38. The fourth-order valence-electron chi connectivity index (χ4n) is 6.86. The molecular formula is C32H41F3O2. The van der Waals surface area contributed by atoms with Gasteiger partial charge < -0.3 is 9.47 Å². The maximum Gasteiger partial charge on any atom is 0.201 e. The number of rotatable bonds is 8. The molecule has 37 heavy (non-hydrogen) atoms. The van der Waals surface area contributed by atoms with Gasteiger partial charge in [0.2, 0.25) is 5.82 Å². The second-order valence-electron chi connectivity index (χ2n) is 11.6. The quantitative estimate of drug-likeness (QED) is 0.298. The monoisotopic (exact) mass is 514 g/mol. The second-order valence-corrected chi connectivity index (χ2v) is 11.6. The first-order valence-corrected chi connectivity index (χ1v) is 14.6. The predicted molar refractivity (Wildman–Crippen MR) is 141 cm³/mol. The third-order valence-corrected chi connectivity index (χ3v) is 9.07. The van der Waals surface area contributed by atoms with Crippen molar-refractivity contribution < 1.29 is 22.6 Å². The molecule has 0 aromatic heterocycles. The molecule has 2 fully saturated rings. The average Bonchev–Trinajstić information content (AvgIpc) is 2.92. The average molecular weight is 515 g/mol. The van der Waals surface area contributed by atoms with Gasteiger partial charge in [0.05, 0.1) is 12.7 Å². The molecule has 2 heterocycles. The molecule has 1 saturated heterocycles. The van der Waals surface area contributed by atoms with Crippen LogP contribution in [-0.2, 0) is 24.0 Å². The van der Waals surface area contributed by atoms with E-state index in [4.69, 9.17) is 9.47 Å². The largest absolute Gasteiger partial charge is 0.450 e. The van der Waals surface area contributed by atoms with E-state index in [2.05, 4.69) is 6.92 Å². The van der Waals surface area contributed by atoms with Gasteiger partial charge in [-0.2, -0.15) is 4.39 Å². The number of benzene rings is 2. The molecule has 0 radical (unpaired) electrons. The number of ether oxygens (including phenoxy) is 2. The Morgan fingerprint density at radius 3 is 2.19 bits per heavy atom. The third-order valence-electron chi connectivity index (χ3n) is 9.07. The van der Waals surface area contributed by atoms with Crippen LogP contribution < -0.4 is 4.74 Å². The Labute approximate surface area is 219 Å². The number of halogens is 3. The highest BCUT2D eigenvalue weighted by atomic mass is 19.2. The normalized spacial score (nSPS) is 25.3. The van der Waals surface area contributed by atoms with E-state index in [1.54, 1.807) is 12.1 Å². The summed E-state index contributed by atoms with van der Waals surface area (Å²) in [5.74, 6) is -0.412. The molecule has 1 saturated carbocycles. The Kier molecular flexibility index (Phi) is 8.48. The molecule has 0 N–H and O–H groups in total. The smallest absolute Gasteiger partial charge is 0.201 e. The van der Waals surface area contributed by atoms with Crippen molar-refractivity contribution in [3.63, 3.8) is 0 Å². The zero-order valence-corrected chi connectivity index (χ0v) is 22.4. The number of hydrogen-bond acceptors (Lipinski definition) is 2. The molecule has 202 valence electrons. The summed E-state index contributed by atoms with van der Waals surface area (Å²) >= 11 is 0. The highest BCUT2D eigenvalue weighted by Crippen LogP contribution is 2.43. The van der Waals surface area contributed by atoms with Crippen molar-refractivity contribution in [2.45, 2.75) is 103 Å². The van der Waals surface area contributed by atoms with Crippen LogP contribution in [0.2, 0.25) is 0 Å². The standard InChI is InChI=1S/C32H41F3O2/c1-3-5-22-13-14-24-18-26-17-23(28(33)30(35)32(26)37-31(24)29(22)34)12-9-20-7-10-21(11-8-20)25-15-16-27(6-4-2)36-19-25/h13-14,17,20-21,25,27H,3-12,15-16,18-19H2,1-2H3. The van der Waals surface area contributed by atoms with Crippen LogP contribution in [0.5, 0.6) is 11.5 Å². The van der Waals surface area contributed by atoms with Gasteiger partial charge >= 0.3 is 0 Å². The zero-order chi connectivity index (χ0) is 25.9. The second kappa shape index (κ2) is 11.8. The molecular weight excluding hydrogens is 473 g/mol. The first-order valence-electron chi connectivity index (χ1n) is 14.6. The molecule has 0 bridgehead atoms. The van der Waals surface area contributed by atoms with Crippen LogP contribution in [-0.4, -0.2) is 12.7 Å². The van der Waals surface area contributed by atoms with Gasteiger partial charge in [-0.05, 0) is 86.3 Å². The Balaban J connectivity index is 1.18. The van der Waals surface area contributed by atoms with Crippen LogP contribution >= 0.6 is 0 Å². The van der Waals surface area contributed by atoms with Crippen molar-refractivity contribution in [3.05, 3.63) is 57.9 Å². The number of fused-ring (bicyclic) bond motifs is 2. The van der Waals surface area contributed by atoms with E-state index in [9.17, 15) is 4.39 Å². The molecule has 1 aliphatic carbocycles. The lowest BCUT2D eigenvalue weighted by molar-refractivity contribution is -0.0421. The van der Waals surface area contributed by atoms with Crippen molar-refractivity contribution >= 4 is 0 Å². The van der Waals surface area contributed by atoms with Gasteiger partial charge in [0.1, 0.15) is 0 Å². The van der Waals surface area contributed by atoms with E-state index in [1.165, 1.54) is 38.5 Å². The molecule has 0 spiro atoms. The molecule has 5 rings (SSSR count). The highest BCUT2D eigenvalue weighted by Gasteiger charge is 2.32. The van der Waals surface area contributed by atoms with E-state index in [0.717, 1.165) is 38.2 Å². The molecule has 2 aromatic carbocycles. The minimum atomic E-state index is -0.985. The van der Waals surface area contributed by atoms with Crippen molar-refractivity contribution in [2.75, 3.05) is 6.61 Å². The molecule has 2 aromatic rings. The van der Waals surface area contributed by atoms with Gasteiger partial charge in [-0.1, -0.05) is 51.7 Å². The number of hydrogen-bond donors (Lipinski definition) is 0. The maximum atomic E-state index is 15.1. The highest BCUT2D eigenvalue weighted by molar-refractivity contribution is 5.53. The topological polar surface area (TPSA) is 18.5 Å². The van der Waals surface area contributed by atoms with Crippen molar-refractivity contribution in [3.8, 4) is 11.5 Å². The van der Waals surface area contributed by atoms with Crippen LogP contribution in [0.1, 0.15) is 100 Å². The lowest BCUT2D eigenvalue weighted by Crippen LogP contribution is -2.32. The summed E-state index contributed by atoms with van der Waals surface area (Å²) in [6, 6.07) is 5.38. The van der Waals surface area contributed by atoms with Gasteiger partial charge in [-0.15, -0.1) is 0 Å². The summed E-state index contributed by atoms with van der Waals surface area (Å²) in [6.45, 7) is 5.11. The Bertz CT molecular complexity index is 1080. The Morgan fingerprint density at radius 1 is 0.730 bits per heavy atom. The van der Waals surface area contributed by atoms with Crippen molar-refractivity contribution in [1.29, 1.82) is 0 Å². The summed E-state index contributed by atoms with van der Waals surface area (Å²) < 4.78 is 56.8. The van der Waals surface area contributed by atoms with Gasteiger partial charge in [-0.25, -0.2) is 8.78 Å². The van der Waals surface area contributed by atoms with Crippen LogP contribution in [0.4, 0.5) is 13.2 Å². The Hall–Kier alpha value is -2.01. The van der Waals surface area contributed by atoms with Gasteiger partial charge in [0.15, 0.2) is 23.1 Å². The minimum absolute atomic E-state index is 0.0468. The van der Waals surface area contributed by atoms with E-state index in [1.807, 2.05) is 13.0 Å². The van der Waals surface area contributed by atoms with Crippen LogP contribution in [0.15, 0.2) is 18.2 Å².